The van der Waals surface area contributed by atoms with E-state index in [1.165, 1.54) is 0 Å². The number of unbranched alkanes of at least 4 members (excludes halogenated alkanes) is 1. The lowest BCUT2D eigenvalue weighted by Crippen LogP contribution is -2.40. The van der Waals surface area contributed by atoms with Gasteiger partial charge in [-0.3, -0.25) is 9.88 Å². The number of hydrogen-bond acceptors (Lipinski definition) is 5. The minimum absolute atomic E-state index is 0.0933. The average molecular weight is 309 g/mol. The van der Waals surface area contributed by atoms with Crippen LogP contribution in [0.25, 0.3) is 0 Å². The summed E-state index contributed by atoms with van der Waals surface area (Å²) in [4.78, 5) is 11.6. The fourth-order valence-electron chi connectivity index (χ4n) is 2.36. The van der Waals surface area contributed by atoms with Crippen molar-refractivity contribution >= 4 is 11.8 Å². The Morgan fingerprint density at radius 1 is 1.57 bits per heavy atom. The van der Waals surface area contributed by atoms with Crippen LogP contribution in [0.1, 0.15) is 52.0 Å². The number of thioether (sulfide) groups is 1. The zero-order valence-electron chi connectivity index (χ0n) is 12.7. The summed E-state index contributed by atoms with van der Waals surface area (Å²) in [6.07, 6.45) is 5.00. The lowest BCUT2D eigenvalue weighted by molar-refractivity contribution is 0.415. The van der Waals surface area contributed by atoms with Gasteiger partial charge in [0, 0.05) is 11.8 Å². The number of nitrogens with one attached hydrogen (secondary N) is 2. The Bertz CT molecular complexity index is 556. The first-order chi connectivity index (χ1) is 10.1. The van der Waals surface area contributed by atoms with E-state index < -0.39 is 5.54 Å². The zero-order chi connectivity index (χ0) is 15.3. The van der Waals surface area contributed by atoms with Gasteiger partial charge in [0.15, 0.2) is 5.16 Å². The molecule has 2 N–H and O–H groups in total. The Morgan fingerprint density at radius 3 is 2.95 bits per heavy atom. The molecule has 1 aromatic heterocycles. The minimum atomic E-state index is -0.429. The summed E-state index contributed by atoms with van der Waals surface area (Å²) in [6, 6.07) is 2.70. The summed E-state index contributed by atoms with van der Waals surface area (Å²) >= 11 is 1.63. The molecule has 1 aliphatic carbocycles. The van der Waals surface area contributed by atoms with Gasteiger partial charge in [-0.15, -0.1) is 5.10 Å². The van der Waals surface area contributed by atoms with Crippen LogP contribution in [0.15, 0.2) is 9.95 Å². The van der Waals surface area contributed by atoms with Crippen molar-refractivity contribution in [1.82, 2.24) is 20.1 Å². The Kier molecular flexibility index (Phi) is 5.48. The molecular weight excluding hydrogens is 286 g/mol. The Balaban J connectivity index is 1.73. The van der Waals surface area contributed by atoms with Crippen LogP contribution in [0.3, 0.4) is 0 Å². The number of nitriles is 1. The van der Waals surface area contributed by atoms with Crippen molar-refractivity contribution in [3.8, 4) is 6.07 Å². The van der Waals surface area contributed by atoms with Crippen LogP contribution in [-0.2, 0) is 0 Å². The Morgan fingerprint density at radius 2 is 2.33 bits per heavy atom. The molecule has 1 fully saturated rings. The van der Waals surface area contributed by atoms with Crippen LogP contribution < -0.4 is 11.0 Å². The van der Waals surface area contributed by atoms with Gasteiger partial charge < -0.3 is 0 Å². The van der Waals surface area contributed by atoms with Crippen LogP contribution in [0.5, 0.6) is 0 Å². The predicted octanol–water partition coefficient (Wildman–Crippen LogP) is 2.06. The van der Waals surface area contributed by atoms with E-state index in [0.29, 0.717) is 6.04 Å². The van der Waals surface area contributed by atoms with Gasteiger partial charge in [-0.05, 0) is 45.6 Å². The summed E-state index contributed by atoms with van der Waals surface area (Å²) in [5.74, 6) is 0.921. The molecule has 0 aliphatic heterocycles. The quantitative estimate of drug-likeness (QED) is 0.538. The van der Waals surface area contributed by atoms with Gasteiger partial charge in [0.05, 0.1) is 6.07 Å². The van der Waals surface area contributed by atoms with Gasteiger partial charge in [-0.25, -0.2) is 9.89 Å². The van der Waals surface area contributed by atoms with Gasteiger partial charge in [-0.1, -0.05) is 18.7 Å². The second-order valence-electron chi connectivity index (χ2n) is 5.69. The standard InChI is InChI=1S/C14H23N5OS/c1-3-16-14(2,10-15)8-4-5-9-21-13-18-17-12(20)19(13)11-6-7-11/h11,16H,3-9H2,1-2H3,(H,17,20). The molecular formula is C14H23N5OS. The predicted molar refractivity (Wildman–Crippen MR) is 83.4 cm³/mol. The van der Waals surface area contributed by atoms with Crippen molar-refractivity contribution in [1.29, 1.82) is 5.26 Å². The monoisotopic (exact) mass is 309 g/mol. The fraction of sp³-hybridized carbons (Fsp3) is 0.786. The molecule has 2 rings (SSSR count). The normalized spacial score (nSPS) is 17.4. The first-order valence-corrected chi connectivity index (χ1v) is 8.54. The molecule has 116 valence electrons. The van der Waals surface area contributed by atoms with Crippen molar-refractivity contribution in [2.75, 3.05) is 12.3 Å². The molecule has 6 nitrogen and oxygen atoms in total. The highest BCUT2D eigenvalue weighted by atomic mass is 32.2. The second kappa shape index (κ2) is 7.14. The maximum absolute atomic E-state index is 11.6. The largest absolute Gasteiger partial charge is 0.344 e. The van der Waals surface area contributed by atoms with Gasteiger partial charge in [0.1, 0.15) is 5.54 Å². The molecule has 0 spiro atoms. The fourth-order valence-corrected chi connectivity index (χ4v) is 3.38. The third kappa shape index (κ3) is 4.35. The van der Waals surface area contributed by atoms with Crippen molar-refractivity contribution < 1.29 is 0 Å². The molecule has 1 aromatic rings. The molecule has 0 radical (unpaired) electrons. The van der Waals surface area contributed by atoms with E-state index in [9.17, 15) is 10.1 Å². The van der Waals surface area contributed by atoms with Crippen LogP contribution in [0.2, 0.25) is 0 Å². The third-order valence-electron chi connectivity index (χ3n) is 3.70. The average Bonchev–Trinajstić information content (AvgIpc) is 3.23. The highest BCUT2D eigenvalue weighted by molar-refractivity contribution is 7.99. The number of rotatable bonds is 9. The topological polar surface area (TPSA) is 86.5 Å². The lowest BCUT2D eigenvalue weighted by atomic mass is 9.97. The Hall–Kier alpha value is -1.26. The van der Waals surface area contributed by atoms with E-state index in [1.807, 2.05) is 13.8 Å². The number of H-pyrrole nitrogens is 1. The second-order valence-corrected chi connectivity index (χ2v) is 6.75. The molecule has 0 saturated heterocycles. The van der Waals surface area contributed by atoms with Crippen LogP contribution >= 0.6 is 11.8 Å². The van der Waals surface area contributed by atoms with E-state index >= 15 is 0 Å². The van der Waals surface area contributed by atoms with Gasteiger partial charge in [0.25, 0.3) is 0 Å². The molecule has 0 aromatic carbocycles. The number of aromatic nitrogens is 3. The van der Waals surface area contributed by atoms with E-state index in [-0.39, 0.29) is 5.69 Å². The molecule has 1 atom stereocenters. The smallest absolute Gasteiger partial charge is 0.300 e. The van der Waals surface area contributed by atoms with Crippen LogP contribution in [-0.4, -0.2) is 32.6 Å². The number of hydrogen-bond donors (Lipinski definition) is 2. The zero-order valence-corrected chi connectivity index (χ0v) is 13.5. The first kappa shape index (κ1) is 16.1. The molecule has 0 amide bonds. The third-order valence-corrected chi connectivity index (χ3v) is 4.74. The van der Waals surface area contributed by atoms with Crippen LogP contribution in [0, 0.1) is 11.3 Å². The van der Waals surface area contributed by atoms with Crippen LogP contribution in [0.4, 0.5) is 0 Å². The molecule has 0 bridgehead atoms. The number of aromatic amines is 1. The maximum atomic E-state index is 11.6. The summed E-state index contributed by atoms with van der Waals surface area (Å²) in [7, 11) is 0. The van der Waals surface area contributed by atoms with Crippen molar-refractivity contribution in [3.63, 3.8) is 0 Å². The van der Waals surface area contributed by atoms with Gasteiger partial charge in [0.2, 0.25) is 0 Å². The molecule has 21 heavy (non-hydrogen) atoms. The highest BCUT2D eigenvalue weighted by Gasteiger charge is 2.28. The number of nitrogens with zero attached hydrogens (tertiary/aromatic N) is 3. The van der Waals surface area contributed by atoms with Gasteiger partial charge >= 0.3 is 5.69 Å². The maximum Gasteiger partial charge on any atom is 0.344 e. The molecule has 1 aliphatic rings. The van der Waals surface area contributed by atoms with Crippen molar-refractivity contribution in [2.24, 2.45) is 0 Å². The summed E-state index contributed by atoms with van der Waals surface area (Å²) in [6.45, 7) is 4.77. The Labute approximate surface area is 129 Å². The summed E-state index contributed by atoms with van der Waals surface area (Å²) in [5.41, 5.74) is -0.522. The molecule has 1 heterocycles. The van der Waals surface area contributed by atoms with E-state index in [1.54, 1.807) is 16.3 Å². The SMILES string of the molecule is CCNC(C)(C#N)CCCCSc1n[nH]c(=O)n1C1CC1. The molecule has 1 unspecified atom stereocenters. The first-order valence-electron chi connectivity index (χ1n) is 7.55. The summed E-state index contributed by atoms with van der Waals surface area (Å²) in [5, 5.41) is 19.8. The van der Waals surface area contributed by atoms with Gasteiger partial charge in [-0.2, -0.15) is 5.26 Å². The molecule has 7 heteroatoms. The summed E-state index contributed by atoms with van der Waals surface area (Å²) < 4.78 is 1.78. The van der Waals surface area contributed by atoms with Crippen molar-refractivity contribution in [2.45, 2.75) is 62.7 Å². The minimum Gasteiger partial charge on any atom is -0.300 e. The van der Waals surface area contributed by atoms with E-state index in [0.717, 1.165) is 49.6 Å². The lowest BCUT2D eigenvalue weighted by Gasteiger charge is -2.22. The molecule has 1 saturated carbocycles. The van der Waals surface area contributed by atoms with E-state index in [2.05, 4.69) is 21.6 Å². The van der Waals surface area contributed by atoms with E-state index in [4.69, 9.17) is 0 Å². The van der Waals surface area contributed by atoms with Crippen molar-refractivity contribution in [3.05, 3.63) is 10.5 Å². The highest BCUT2D eigenvalue weighted by Crippen LogP contribution is 2.36.